The minimum absolute atomic E-state index is 0.230. The molecular formula is C17H19N5O. The zero-order valence-corrected chi connectivity index (χ0v) is 13.0. The lowest BCUT2D eigenvalue weighted by Crippen LogP contribution is -2.49. The number of imidazole rings is 1. The molecule has 6 nitrogen and oxygen atoms in total. The van der Waals surface area contributed by atoms with E-state index in [1.807, 2.05) is 6.07 Å². The molecule has 0 radical (unpaired) electrons. The molecule has 0 aliphatic carbocycles. The first-order valence-corrected chi connectivity index (χ1v) is 7.87. The second kappa shape index (κ2) is 5.55. The van der Waals surface area contributed by atoms with Crippen LogP contribution in [0.15, 0.2) is 41.3 Å². The Kier molecular flexibility index (Phi) is 3.38. The van der Waals surface area contributed by atoms with Crippen LogP contribution < -0.4 is 15.9 Å². The Hall–Kier alpha value is -2.60. The molecule has 1 aliphatic rings. The third-order valence-corrected chi connectivity index (χ3v) is 4.41. The standard InChI is InChI=1S/C17H19N5O/c1-11-10-18-7-8-22(11)13-4-2-3-12(9-13)14-5-6-19-16-15(14)20-17(23)21-16/h2-6,9,11,18H,7-8,10H2,1H3,(H2,19,20,21,23)/t11-/m0/s1. The second-order valence-electron chi connectivity index (χ2n) is 5.96. The number of aromatic amines is 2. The SMILES string of the molecule is C[C@H]1CNCCN1c1cccc(-c2ccnc3[nH]c(=O)[nH]c23)c1. The van der Waals surface area contributed by atoms with Crippen molar-refractivity contribution in [3.05, 3.63) is 47.0 Å². The molecule has 1 fully saturated rings. The molecule has 23 heavy (non-hydrogen) atoms. The predicted octanol–water partition coefficient (Wildman–Crippen LogP) is 1.72. The van der Waals surface area contributed by atoms with Crippen molar-refractivity contribution in [2.24, 2.45) is 0 Å². The van der Waals surface area contributed by atoms with Gasteiger partial charge in [0.25, 0.3) is 0 Å². The van der Waals surface area contributed by atoms with Crippen molar-refractivity contribution in [2.75, 3.05) is 24.5 Å². The maximum absolute atomic E-state index is 11.6. The first-order valence-electron chi connectivity index (χ1n) is 7.87. The average Bonchev–Trinajstić information content (AvgIpc) is 2.95. The summed E-state index contributed by atoms with van der Waals surface area (Å²) in [5, 5.41) is 3.41. The zero-order valence-electron chi connectivity index (χ0n) is 13.0. The van der Waals surface area contributed by atoms with Gasteiger partial charge >= 0.3 is 5.69 Å². The van der Waals surface area contributed by atoms with Crippen LogP contribution in [0.3, 0.4) is 0 Å². The van der Waals surface area contributed by atoms with Gasteiger partial charge in [0.05, 0.1) is 5.52 Å². The molecule has 3 heterocycles. The molecule has 0 saturated carbocycles. The third-order valence-electron chi connectivity index (χ3n) is 4.41. The Morgan fingerprint density at radius 3 is 3.04 bits per heavy atom. The van der Waals surface area contributed by atoms with Crippen LogP contribution in [0.2, 0.25) is 0 Å². The molecule has 118 valence electrons. The molecule has 3 aromatic rings. The van der Waals surface area contributed by atoms with E-state index in [0.29, 0.717) is 11.7 Å². The van der Waals surface area contributed by atoms with Crippen molar-refractivity contribution in [1.82, 2.24) is 20.3 Å². The van der Waals surface area contributed by atoms with Crippen molar-refractivity contribution in [3.63, 3.8) is 0 Å². The highest BCUT2D eigenvalue weighted by atomic mass is 16.1. The number of rotatable bonds is 2. The fourth-order valence-corrected chi connectivity index (χ4v) is 3.25. The number of benzene rings is 1. The summed E-state index contributed by atoms with van der Waals surface area (Å²) in [6.45, 7) is 5.22. The summed E-state index contributed by atoms with van der Waals surface area (Å²) in [5.74, 6) is 0. The van der Waals surface area contributed by atoms with E-state index in [-0.39, 0.29) is 5.69 Å². The molecule has 4 rings (SSSR count). The molecule has 6 heteroatoms. The lowest BCUT2D eigenvalue weighted by atomic mass is 10.0. The van der Waals surface area contributed by atoms with E-state index in [1.54, 1.807) is 6.20 Å². The Morgan fingerprint density at radius 2 is 2.17 bits per heavy atom. The van der Waals surface area contributed by atoms with Crippen LogP contribution in [0.1, 0.15) is 6.92 Å². The number of hydrogen-bond acceptors (Lipinski definition) is 4. The minimum atomic E-state index is -0.230. The van der Waals surface area contributed by atoms with Gasteiger partial charge in [-0.2, -0.15) is 0 Å². The molecule has 3 N–H and O–H groups in total. The van der Waals surface area contributed by atoms with E-state index >= 15 is 0 Å². The highest BCUT2D eigenvalue weighted by Crippen LogP contribution is 2.29. The summed E-state index contributed by atoms with van der Waals surface area (Å²) in [7, 11) is 0. The number of piperazine rings is 1. The molecule has 0 spiro atoms. The minimum Gasteiger partial charge on any atom is -0.366 e. The summed E-state index contributed by atoms with van der Waals surface area (Å²) in [6, 6.07) is 10.9. The highest BCUT2D eigenvalue weighted by Gasteiger charge is 2.18. The van der Waals surface area contributed by atoms with E-state index < -0.39 is 0 Å². The fourth-order valence-electron chi connectivity index (χ4n) is 3.25. The van der Waals surface area contributed by atoms with Gasteiger partial charge in [0.15, 0.2) is 5.65 Å². The van der Waals surface area contributed by atoms with Crippen molar-refractivity contribution in [1.29, 1.82) is 0 Å². The van der Waals surface area contributed by atoms with Crippen LogP contribution in [0.4, 0.5) is 5.69 Å². The van der Waals surface area contributed by atoms with Gasteiger partial charge in [-0.1, -0.05) is 12.1 Å². The number of fused-ring (bicyclic) bond motifs is 1. The summed E-state index contributed by atoms with van der Waals surface area (Å²) in [5.41, 5.74) is 4.39. The predicted molar refractivity (Wildman–Crippen MR) is 91.8 cm³/mol. The molecular weight excluding hydrogens is 290 g/mol. The molecule has 0 unspecified atom stereocenters. The molecule has 1 aromatic carbocycles. The fraction of sp³-hybridized carbons (Fsp3) is 0.294. The molecule has 1 aliphatic heterocycles. The van der Waals surface area contributed by atoms with Gasteiger partial charge in [-0.15, -0.1) is 0 Å². The monoisotopic (exact) mass is 309 g/mol. The quantitative estimate of drug-likeness (QED) is 0.673. The van der Waals surface area contributed by atoms with Crippen LogP contribution in [0.25, 0.3) is 22.3 Å². The second-order valence-corrected chi connectivity index (χ2v) is 5.96. The van der Waals surface area contributed by atoms with E-state index in [9.17, 15) is 4.79 Å². The van der Waals surface area contributed by atoms with E-state index in [4.69, 9.17) is 0 Å². The number of aromatic nitrogens is 3. The van der Waals surface area contributed by atoms with Gasteiger partial charge in [0.2, 0.25) is 0 Å². The smallest absolute Gasteiger partial charge is 0.325 e. The molecule has 2 aromatic heterocycles. The Labute approximate surface area is 133 Å². The van der Waals surface area contributed by atoms with Gasteiger partial charge < -0.3 is 15.2 Å². The summed E-state index contributed by atoms with van der Waals surface area (Å²) < 4.78 is 0. The van der Waals surface area contributed by atoms with Gasteiger partial charge in [-0.25, -0.2) is 9.78 Å². The van der Waals surface area contributed by atoms with Gasteiger partial charge in [-0.05, 0) is 30.7 Å². The Bertz CT molecular complexity index is 897. The maximum atomic E-state index is 11.6. The van der Waals surface area contributed by atoms with Crippen LogP contribution in [0, 0.1) is 0 Å². The maximum Gasteiger partial charge on any atom is 0.325 e. The normalized spacial score (nSPS) is 18.5. The van der Waals surface area contributed by atoms with Crippen LogP contribution in [-0.4, -0.2) is 40.6 Å². The summed E-state index contributed by atoms with van der Waals surface area (Å²) in [6.07, 6.45) is 1.72. The van der Waals surface area contributed by atoms with Gasteiger partial charge in [-0.3, -0.25) is 4.98 Å². The number of pyridine rings is 1. The largest absolute Gasteiger partial charge is 0.366 e. The Balaban J connectivity index is 1.80. The molecule has 1 saturated heterocycles. The van der Waals surface area contributed by atoms with E-state index in [1.165, 1.54) is 5.69 Å². The number of H-pyrrole nitrogens is 2. The van der Waals surface area contributed by atoms with Crippen LogP contribution in [-0.2, 0) is 0 Å². The van der Waals surface area contributed by atoms with Crippen molar-refractivity contribution in [3.8, 4) is 11.1 Å². The van der Waals surface area contributed by atoms with Crippen molar-refractivity contribution in [2.45, 2.75) is 13.0 Å². The van der Waals surface area contributed by atoms with E-state index in [0.717, 1.165) is 36.3 Å². The molecule has 0 amide bonds. The van der Waals surface area contributed by atoms with Crippen molar-refractivity contribution < 1.29 is 0 Å². The number of nitrogens with one attached hydrogen (secondary N) is 3. The average molecular weight is 309 g/mol. The highest BCUT2D eigenvalue weighted by molar-refractivity contribution is 5.90. The van der Waals surface area contributed by atoms with Crippen LogP contribution >= 0.6 is 0 Å². The lowest BCUT2D eigenvalue weighted by molar-refractivity contribution is 0.501. The topological polar surface area (TPSA) is 76.8 Å². The van der Waals surface area contributed by atoms with Crippen LogP contribution in [0.5, 0.6) is 0 Å². The number of hydrogen-bond donors (Lipinski definition) is 3. The number of anilines is 1. The molecule has 1 atom stereocenters. The van der Waals surface area contributed by atoms with E-state index in [2.05, 4.69) is 56.4 Å². The third kappa shape index (κ3) is 2.51. The Morgan fingerprint density at radius 1 is 1.26 bits per heavy atom. The molecule has 0 bridgehead atoms. The van der Waals surface area contributed by atoms with Crippen molar-refractivity contribution >= 4 is 16.9 Å². The zero-order chi connectivity index (χ0) is 15.8. The lowest BCUT2D eigenvalue weighted by Gasteiger charge is -2.36. The summed E-state index contributed by atoms with van der Waals surface area (Å²) >= 11 is 0. The van der Waals surface area contributed by atoms with Gasteiger partial charge in [0, 0.05) is 43.1 Å². The number of nitrogens with zero attached hydrogens (tertiary/aromatic N) is 2. The van der Waals surface area contributed by atoms with Gasteiger partial charge in [0.1, 0.15) is 0 Å². The first kappa shape index (κ1) is 14.0. The first-order chi connectivity index (χ1) is 11.2. The summed E-state index contributed by atoms with van der Waals surface area (Å²) in [4.78, 5) is 23.7.